The molecule has 0 unspecified atom stereocenters. The van der Waals surface area contributed by atoms with Crippen LogP contribution in [0.15, 0.2) is 18.2 Å². The highest BCUT2D eigenvalue weighted by atomic mass is 16.6. The summed E-state index contributed by atoms with van der Waals surface area (Å²) in [6, 6.07) is 4.42. The van der Waals surface area contributed by atoms with Crippen LogP contribution in [0.5, 0.6) is 17.2 Å². The fourth-order valence-corrected chi connectivity index (χ4v) is 3.63. The number of hydrogen-bond acceptors (Lipinski definition) is 8. The number of aromatic amines is 1. The van der Waals surface area contributed by atoms with Crippen LogP contribution in [0.1, 0.15) is 55.1 Å². The lowest BCUT2D eigenvalue weighted by molar-refractivity contribution is -0.118. The summed E-state index contributed by atoms with van der Waals surface area (Å²) >= 11 is 0. The van der Waals surface area contributed by atoms with Crippen molar-refractivity contribution in [3.05, 3.63) is 29.5 Å². The van der Waals surface area contributed by atoms with Crippen LogP contribution in [0.4, 0.5) is 10.6 Å². The van der Waals surface area contributed by atoms with E-state index in [1.807, 2.05) is 13.8 Å². The molecule has 1 saturated carbocycles. The Labute approximate surface area is 190 Å². The smallest absolute Gasteiger partial charge is 0.407 e. The van der Waals surface area contributed by atoms with Crippen molar-refractivity contribution in [1.82, 2.24) is 15.5 Å². The number of aromatic hydroxyl groups is 1. The molecule has 1 fully saturated rings. The largest absolute Gasteiger partial charge is 0.507 e. The summed E-state index contributed by atoms with van der Waals surface area (Å²) < 4.78 is 15.9. The van der Waals surface area contributed by atoms with Gasteiger partial charge in [-0.3, -0.25) is 14.7 Å². The van der Waals surface area contributed by atoms with Gasteiger partial charge < -0.3 is 30.0 Å². The van der Waals surface area contributed by atoms with Gasteiger partial charge in [-0.2, -0.15) is 5.10 Å². The first kappa shape index (κ1) is 23.9. The van der Waals surface area contributed by atoms with Gasteiger partial charge >= 0.3 is 6.09 Å². The summed E-state index contributed by atoms with van der Waals surface area (Å²) in [5, 5.41) is 22.2. The lowest BCUT2D eigenvalue weighted by atomic mass is 10.0. The molecule has 3 rings (SSSR count). The van der Waals surface area contributed by atoms with Gasteiger partial charge in [-0.05, 0) is 33.1 Å². The number of rotatable bonds is 9. The van der Waals surface area contributed by atoms with Crippen LogP contribution in [-0.2, 0) is 9.53 Å². The summed E-state index contributed by atoms with van der Waals surface area (Å²) in [6.07, 6.45) is 2.08. The van der Waals surface area contributed by atoms with E-state index in [9.17, 15) is 19.5 Å². The summed E-state index contributed by atoms with van der Waals surface area (Å²) in [4.78, 5) is 35.3. The van der Waals surface area contributed by atoms with E-state index in [1.54, 1.807) is 6.07 Å². The minimum absolute atomic E-state index is 0.0112. The van der Waals surface area contributed by atoms with E-state index < -0.39 is 18.6 Å². The van der Waals surface area contributed by atoms with Gasteiger partial charge in [-0.25, -0.2) is 4.79 Å². The monoisotopic (exact) mass is 460 g/mol. The number of benzene rings is 1. The molecule has 178 valence electrons. The third kappa shape index (κ3) is 6.37. The first-order valence-electron chi connectivity index (χ1n) is 10.6. The third-order valence-electron chi connectivity index (χ3n) is 5.18. The maximum atomic E-state index is 12.3. The van der Waals surface area contributed by atoms with Gasteiger partial charge in [0.05, 0.1) is 12.7 Å². The molecule has 2 amide bonds. The van der Waals surface area contributed by atoms with Crippen LogP contribution >= 0.6 is 0 Å². The molecule has 0 aliphatic heterocycles. The quantitative estimate of drug-likeness (QED) is 0.417. The van der Waals surface area contributed by atoms with Crippen LogP contribution in [0.25, 0.3) is 0 Å². The fraction of sp³-hybridized carbons (Fsp3) is 0.455. The second kappa shape index (κ2) is 10.7. The minimum atomic E-state index is -0.495. The molecule has 0 radical (unpaired) electrons. The van der Waals surface area contributed by atoms with E-state index in [-0.39, 0.29) is 40.9 Å². The van der Waals surface area contributed by atoms with E-state index >= 15 is 0 Å². The van der Waals surface area contributed by atoms with E-state index in [4.69, 9.17) is 14.2 Å². The summed E-state index contributed by atoms with van der Waals surface area (Å²) in [5.41, 5.74) is 0.758. The number of amides is 2. The highest BCUT2D eigenvalue weighted by molar-refractivity contribution is 5.91. The molecule has 4 N–H and O–H groups in total. The minimum Gasteiger partial charge on any atom is -0.507 e. The van der Waals surface area contributed by atoms with Crippen molar-refractivity contribution in [3.8, 4) is 17.2 Å². The molecule has 11 heteroatoms. The maximum Gasteiger partial charge on any atom is 0.407 e. The second-order valence-electron chi connectivity index (χ2n) is 8.06. The number of nitrogens with one attached hydrogen (secondary N) is 3. The predicted octanol–water partition coefficient (Wildman–Crippen LogP) is 2.72. The number of nitrogens with zero attached hydrogens (tertiary/aromatic N) is 1. The van der Waals surface area contributed by atoms with Crippen LogP contribution in [-0.4, -0.2) is 59.5 Å². The molecule has 1 heterocycles. The van der Waals surface area contributed by atoms with Gasteiger partial charge in [-0.15, -0.1) is 0 Å². The van der Waals surface area contributed by atoms with E-state index in [1.165, 1.54) is 19.2 Å². The van der Waals surface area contributed by atoms with Crippen molar-refractivity contribution >= 4 is 24.1 Å². The van der Waals surface area contributed by atoms with Gasteiger partial charge in [-0.1, -0.05) is 0 Å². The number of phenols is 1. The molecule has 33 heavy (non-hydrogen) atoms. The summed E-state index contributed by atoms with van der Waals surface area (Å²) in [5.74, 6) is -0.0394. The van der Waals surface area contributed by atoms with Gasteiger partial charge in [0.15, 0.2) is 18.7 Å². The van der Waals surface area contributed by atoms with Crippen LogP contribution in [0.3, 0.4) is 0 Å². The zero-order valence-corrected chi connectivity index (χ0v) is 18.7. The molecule has 0 spiro atoms. The van der Waals surface area contributed by atoms with Gasteiger partial charge in [0, 0.05) is 35.9 Å². The van der Waals surface area contributed by atoms with Crippen LogP contribution in [0, 0.1) is 0 Å². The molecule has 2 aromatic rings. The molecule has 0 bridgehead atoms. The van der Waals surface area contributed by atoms with Crippen LogP contribution in [0.2, 0.25) is 0 Å². The third-order valence-corrected chi connectivity index (χ3v) is 5.18. The Balaban J connectivity index is 1.52. The number of hydrogen-bond donors (Lipinski definition) is 4. The number of H-pyrrole nitrogens is 1. The Morgan fingerprint density at radius 1 is 1.30 bits per heavy atom. The number of ether oxygens (including phenoxy) is 3. The number of phenolic OH excluding ortho intramolecular Hbond substituents is 1. The van der Waals surface area contributed by atoms with E-state index in [0.29, 0.717) is 18.5 Å². The molecule has 1 aliphatic rings. The Hall–Kier alpha value is -3.76. The standard InChI is InChI=1S/C22H28N4O7/c1-12(2)23-22(30)33-14-5-4-13(6-14)17-9-20(26-25-17)24-21(29)11-32-19-8-15(31-3)7-18(28)16(19)10-27/h7-10,12-14,28H,4-6,11H2,1-3H3,(H,23,30)(H2,24,25,26,29)/t13-,14+/m0/s1. The number of aromatic nitrogens is 2. The summed E-state index contributed by atoms with van der Waals surface area (Å²) in [6.45, 7) is 3.33. The Morgan fingerprint density at radius 3 is 2.79 bits per heavy atom. The topological polar surface area (TPSA) is 152 Å². The van der Waals surface area contributed by atoms with Gasteiger partial charge in [0.25, 0.3) is 5.91 Å². The molecular weight excluding hydrogens is 432 g/mol. The number of carbonyl (C=O) groups is 3. The van der Waals surface area contributed by atoms with E-state index in [2.05, 4.69) is 20.8 Å². The fourth-order valence-electron chi connectivity index (χ4n) is 3.63. The van der Waals surface area contributed by atoms with Gasteiger partial charge in [0.1, 0.15) is 23.4 Å². The lowest BCUT2D eigenvalue weighted by Crippen LogP contribution is -2.33. The highest BCUT2D eigenvalue weighted by Gasteiger charge is 2.30. The van der Waals surface area contributed by atoms with Crippen molar-refractivity contribution in [2.24, 2.45) is 0 Å². The molecule has 1 aromatic carbocycles. The van der Waals surface area contributed by atoms with Crippen molar-refractivity contribution in [3.63, 3.8) is 0 Å². The predicted molar refractivity (Wildman–Crippen MR) is 118 cm³/mol. The highest BCUT2D eigenvalue weighted by Crippen LogP contribution is 2.36. The van der Waals surface area contributed by atoms with E-state index in [0.717, 1.165) is 18.5 Å². The second-order valence-corrected chi connectivity index (χ2v) is 8.06. The number of carbonyl (C=O) groups excluding carboxylic acids is 3. The first-order chi connectivity index (χ1) is 15.8. The lowest BCUT2D eigenvalue weighted by Gasteiger charge is -2.14. The van der Waals surface area contributed by atoms with Gasteiger partial charge in [0.2, 0.25) is 0 Å². The number of anilines is 1. The Morgan fingerprint density at radius 2 is 2.09 bits per heavy atom. The normalized spacial score (nSPS) is 17.5. The maximum absolute atomic E-state index is 12.3. The molecule has 0 saturated heterocycles. The van der Waals surface area contributed by atoms with Crippen molar-refractivity contribution in [1.29, 1.82) is 0 Å². The molecule has 1 aliphatic carbocycles. The first-order valence-corrected chi connectivity index (χ1v) is 10.6. The zero-order valence-electron chi connectivity index (χ0n) is 18.7. The summed E-state index contributed by atoms with van der Waals surface area (Å²) in [7, 11) is 1.40. The molecule has 2 atom stereocenters. The van der Waals surface area contributed by atoms with Crippen LogP contribution < -0.4 is 20.1 Å². The Bertz CT molecular complexity index is 1000. The number of aldehydes is 1. The van der Waals surface area contributed by atoms with Crippen molar-refractivity contribution < 1.29 is 33.7 Å². The SMILES string of the molecule is COc1cc(O)c(C=O)c(OCC(=O)Nc2cc([C@H]3CC[C@@H](OC(=O)NC(C)C)C3)[nH]n2)c1. The van der Waals surface area contributed by atoms with Crippen molar-refractivity contribution in [2.75, 3.05) is 19.0 Å². The van der Waals surface area contributed by atoms with Crippen molar-refractivity contribution in [2.45, 2.75) is 51.2 Å². The molecule has 1 aromatic heterocycles. The number of methoxy groups -OCH3 is 1. The molecule has 11 nitrogen and oxygen atoms in total. The number of alkyl carbamates (subject to hydrolysis) is 1. The average Bonchev–Trinajstić information content (AvgIpc) is 3.40. The average molecular weight is 460 g/mol. The molecular formula is C22H28N4O7. The zero-order chi connectivity index (χ0) is 24.0. The Kier molecular flexibility index (Phi) is 7.75.